The second-order valence-electron chi connectivity index (χ2n) is 6.01. The van der Waals surface area contributed by atoms with Crippen molar-refractivity contribution in [1.82, 2.24) is 19.5 Å². The van der Waals surface area contributed by atoms with Gasteiger partial charge in [0.05, 0.1) is 12.9 Å². The third-order valence-electron chi connectivity index (χ3n) is 4.39. The summed E-state index contributed by atoms with van der Waals surface area (Å²) < 4.78 is 7.52. The monoisotopic (exact) mass is 316 g/mol. The van der Waals surface area contributed by atoms with Crippen LogP contribution in [0.5, 0.6) is 0 Å². The maximum atomic E-state index is 9.19. The summed E-state index contributed by atoms with van der Waals surface area (Å²) in [4.78, 5) is 13.1. The molecule has 0 radical (unpaired) electrons. The number of fused-ring (bicyclic) bond motifs is 1. The van der Waals surface area contributed by atoms with E-state index in [9.17, 15) is 5.11 Å². The van der Waals surface area contributed by atoms with Crippen molar-refractivity contribution >= 4 is 22.9 Å². The molecule has 4 rings (SSSR count). The molecule has 2 aromatic heterocycles. The van der Waals surface area contributed by atoms with Crippen molar-refractivity contribution < 1.29 is 9.84 Å². The molecule has 0 saturated heterocycles. The van der Waals surface area contributed by atoms with Crippen LogP contribution in [0.3, 0.4) is 0 Å². The molecule has 2 aromatic rings. The fourth-order valence-electron chi connectivity index (χ4n) is 3.23. The minimum atomic E-state index is -0.342. The Labute approximate surface area is 133 Å². The number of anilines is 2. The maximum Gasteiger partial charge on any atom is 0.224 e. The van der Waals surface area contributed by atoms with Gasteiger partial charge in [-0.2, -0.15) is 9.97 Å². The van der Waals surface area contributed by atoms with Crippen LogP contribution in [0.1, 0.15) is 31.9 Å². The molecule has 122 valence electrons. The molecule has 1 aliphatic heterocycles. The van der Waals surface area contributed by atoms with Gasteiger partial charge in [0.2, 0.25) is 5.95 Å². The molecule has 1 fully saturated rings. The average Bonchev–Trinajstić information content (AvgIpc) is 3.26. The highest BCUT2D eigenvalue weighted by molar-refractivity contribution is 5.84. The molecule has 8 heteroatoms. The molecule has 2 aliphatic rings. The molecule has 8 nitrogen and oxygen atoms in total. The second kappa shape index (κ2) is 5.78. The summed E-state index contributed by atoms with van der Waals surface area (Å²) in [5, 5.41) is 12.6. The lowest BCUT2D eigenvalue weighted by Gasteiger charge is -2.15. The van der Waals surface area contributed by atoms with Crippen molar-refractivity contribution in [3.8, 4) is 0 Å². The number of nitrogens with one attached hydrogen (secondary N) is 1. The van der Waals surface area contributed by atoms with Crippen molar-refractivity contribution in [3.63, 3.8) is 0 Å². The van der Waals surface area contributed by atoms with Gasteiger partial charge in [-0.15, -0.1) is 0 Å². The average molecular weight is 316 g/mol. The van der Waals surface area contributed by atoms with E-state index in [1.807, 2.05) is 12.2 Å². The van der Waals surface area contributed by atoms with Gasteiger partial charge in [-0.1, -0.05) is 18.9 Å². The smallest absolute Gasteiger partial charge is 0.224 e. The highest BCUT2D eigenvalue weighted by Crippen LogP contribution is 2.29. The molecule has 0 spiro atoms. The van der Waals surface area contributed by atoms with Crippen LogP contribution in [0.2, 0.25) is 0 Å². The van der Waals surface area contributed by atoms with Gasteiger partial charge in [0.25, 0.3) is 0 Å². The molecule has 3 heterocycles. The topological polar surface area (TPSA) is 111 Å². The highest BCUT2D eigenvalue weighted by Gasteiger charge is 2.24. The molecule has 2 atom stereocenters. The number of nitrogens with two attached hydrogens (primary N) is 1. The van der Waals surface area contributed by atoms with Gasteiger partial charge in [-0.3, -0.25) is 4.57 Å². The van der Waals surface area contributed by atoms with Crippen molar-refractivity contribution in [2.24, 2.45) is 0 Å². The first-order valence-electron chi connectivity index (χ1n) is 7.96. The first-order valence-corrected chi connectivity index (χ1v) is 7.96. The fraction of sp³-hybridized carbons (Fsp3) is 0.533. The maximum absolute atomic E-state index is 9.19. The molecular weight excluding hydrogens is 296 g/mol. The number of imidazole rings is 1. The fourth-order valence-corrected chi connectivity index (χ4v) is 3.23. The lowest BCUT2D eigenvalue weighted by molar-refractivity contribution is -0.00638. The Morgan fingerprint density at radius 1 is 1.30 bits per heavy atom. The van der Waals surface area contributed by atoms with Crippen molar-refractivity contribution in [1.29, 1.82) is 0 Å². The summed E-state index contributed by atoms with van der Waals surface area (Å²) >= 11 is 0. The zero-order chi connectivity index (χ0) is 15.8. The summed E-state index contributed by atoms with van der Waals surface area (Å²) in [6, 6.07) is 0.416. The Hall–Kier alpha value is -2.19. The van der Waals surface area contributed by atoms with Crippen LogP contribution in [0.25, 0.3) is 11.2 Å². The molecule has 0 aromatic carbocycles. The summed E-state index contributed by atoms with van der Waals surface area (Å²) in [5.74, 6) is 0.888. The standard InChI is InChI=1S/C15H20N6O2/c16-15-19-13(18-9-3-1-2-4-9)12-14(20-15)21(8-17-12)11-6-5-10(7-22)23-11/h5-6,8-11,22H,1-4,7H2,(H3,16,18,19,20)/t10-,11+/m0/s1. The molecule has 0 amide bonds. The summed E-state index contributed by atoms with van der Waals surface area (Å²) in [7, 11) is 0. The first kappa shape index (κ1) is 14.4. The van der Waals surface area contributed by atoms with Crippen LogP contribution in [0.15, 0.2) is 18.5 Å². The summed E-state index contributed by atoms with van der Waals surface area (Å²) in [6.45, 7) is -0.0504. The normalized spacial score (nSPS) is 24.7. The number of aliphatic hydroxyl groups excluding tert-OH is 1. The van der Waals surface area contributed by atoms with Gasteiger partial charge in [0, 0.05) is 6.04 Å². The largest absolute Gasteiger partial charge is 0.393 e. The van der Waals surface area contributed by atoms with Crippen LogP contribution in [-0.4, -0.2) is 43.4 Å². The quantitative estimate of drug-likeness (QED) is 0.727. The van der Waals surface area contributed by atoms with Gasteiger partial charge in [-0.05, 0) is 18.9 Å². The van der Waals surface area contributed by atoms with E-state index < -0.39 is 0 Å². The lowest BCUT2D eigenvalue weighted by Crippen LogP contribution is -2.17. The van der Waals surface area contributed by atoms with E-state index in [1.54, 1.807) is 10.9 Å². The van der Waals surface area contributed by atoms with E-state index in [0.29, 0.717) is 23.0 Å². The Kier molecular flexibility index (Phi) is 3.62. The number of hydrogen-bond donors (Lipinski definition) is 3. The van der Waals surface area contributed by atoms with Gasteiger partial charge in [0.15, 0.2) is 23.2 Å². The van der Waals surface area contributed by atoms with Crippen LogP contribution in [-0.2, 0) is 4.74 Å². The number of rotatable bonds is 4. The van der Waals surface area contributed by atoms with Gasteiger partial charge >= 0.3 is 0 Å². The number of aliphatic hydroxyl groups is 1. The second-order valence-corrected chi connectivity index (χ2v) is 6.01. The predicted octanol–water partition coefficient (Wildman–Crippen LogP) is 1.21. The van der Waals surface area contributed by atoms with Crippen molar-refractivity contribution in [2.75, 3.05) is 17.7 Å². The Balaban J connectivity index is 1.68. The third-order valence-corrected chi connectivity index (χ3v) is 4.39. The van der Waals surface area contributed by atoms with Crippen LogP contribution in [0, 0.1) is 0 Å². The van der Waals surface area contributed by atoms with Crippen molar-refractivity contribution in [2.45, 2.75) is 44.1 Å². The predicted molar refractivity (Wildman–Crippen MR) is 85.7 cm³/mol. The molecule has 0 unspecified atom stereocenters. The Morgan fingerprint density at radius 3 is 2.87 bits per heavy atom. The number of nitrogens with zero attached hydrogens (tertiary/aromatic N) is 4. The lowest BCUT2D eigenvalue weighted by atomic mass is 10.2. The van der Waals surface area contributed by atoms with Crippen LogP contribution >= 0.6 is 0 Å². The van der Waals surface area contributed by atoms with E-state index >= 15 is 0 Å². The van der Waals surface area contributed by atoms with E-state index in [2.05, 4.69) is 20.3 Å². The first-order chi connectivity index (χ1) is 11.2. The van der Waals surface area contributed by atoms with Crippen LogP contribution in [0.4, 0.5) is 11.8 Å². The van der Waals surface area contributed by atoms with E-state index in [4.69, 9.17) is 10.5 Å². The zero-order valence-corrected chi connectivity index (χ0v) is 12.7. The zero-order valence-electron chi connectivity index (χ0n) is 12.7. The number of hydrogen-bond acceptors (Lipinski definition) is 7. The van der Waals surface area contributed by atoms with Crippen LogP contribution < -0.4 is 11.1 Å². The molecular formula is C15H20N6O2. The molecule has 1 aliphatic carbocycles. The third kappa shape index (κ3) is 2.64. The molecule has 23 heavy (non-hydrogen) atoms. The van der Waals surface area contributed by atoms with E-state index in [1.165, 1.54) is 12.8 Å². The van der Waals surface area contributed by atoms with Gasteiger partial charge in [-0.25, -0.2) is 4.98 Å². The van der Waals surface area contributed by atoms with Gasteiger partial charge in [0.1, 0.15) is 6.10 Å². The SMILES string of the molecule is Nc1nc(NC2CCCC2)c2ncn([C@H]3C=C[C@@H](CO)O3)c2n1. The molecule has 4 N–H and O–H groups in total. The molecule has 0 bridgehead atoms. The number of nitrogen functional groups attached to an aromatic ring is 1. The van der Waals surface area contributed by atoms with E-state index in [0.717, 1.165) is 12.8 Å². The highest BCUT2D eigenvalue weighted by atomic mass is 16.5. The summed E-state index contributed by atoms with van der Waals surface area (Å²) in [5.41, 5.74) is 7.20. The number of ether oxygens (including phenoxy) is 1. The number of aromatic nitrogens is 4. The minimum absolute atomic E-state index is 0.0504. The minimum Gasteiger partial charge on any atom is -0.393 e. The summed E-state index contributed by atoms with van der Waals surface area (Å²) in [6.07, 6.45) is 9.49. The molecule has 1 saturated carbocycles. The Bertz CT molecular complexity index is 737. The Morgan fingerprint density at radius 2 is 2.13 bits per heavy atom. The van der Waals surface area contributed by atoms with Crippen molar-refractivity contribution in [3.05, 3.63) is 18.5 Å². The van der Waals surface area contributed by atoms with Gasteiger partial charge < -0.3 is 20.9 Å². The van der Waals surface area contributed by atoms with E-state index in [-0.39, 0.29) is 24.9 Å².